The molecule has 0 saturated heterocycles. The summed E-state index contributed by atoms with van der Waals surface area (Å²) in [6.45, 7) is 4.29. The number of rotatable bonds is 4. The summed E-state index contributed by atoms with van der Waals surface area (Å²) < 4.78 is 0. The van der Waals surface area contributed by atoms with Gasteiger partial charge >= 0.3 is 0 Å². The molecule has 1 heterocycles. The van der Waals surface area contributed by atoms with Gasteiger partial charge in [0.1, 0.15) is 11.5 Å². The van der Waals surface area contributed by atoms with Gasteiger partial charge in [-0.15, -0.1) is 0 Å². The fourth-order valence-corrected chi connectivity index (χ4v) is 2.86. The predicted molar refractivity (Wildman–Crippen MR) is 85.1 cm³/mol. The van der Waals surface area contributed by atoms with Crippen molar-refractivity contribution in [2.45, 2.75) is 64.8 Å². The summed E-state index contributed by atoms with van der Waals surface area (Å²) >= 11 is 6.14. The maximum absolute atomic E-state index is 6.14. The van der Waals surface area contributed by atoms with Crippen LogP contribution in [0.3, 0.4) is 0 Å². The third-order valence-corrected chi connectivity index (χ3v) is 4.02. The van der Waals surface area contributed by atoms with Crippen molar-refractivity contribution in [2.24, 2.45) is 5.92 Å². The molecule has 0 spiro atoms. The first-order valence-corrected chi connectivity index (χ1v) is 8.02. The smallest absolute Gasteiger partial charge is 0.157 e. The number of hydrogen-bond acceptors (Lipinski definition) is 4. The van der Waals surface area contributed by atoms with Crippen LogP contribution in [0.15, 0.2) is 0 Å². The Morgan fingerprint density at radius 1 is 1.20 bits per heavy atom. The summed E-state index contributed by atoms with van der Waals surface area (Å²) in [6, 6.07) is 0.456. The highest BCUT2D eigenvalue weighted by Gasteiger charge is 2.17. The zero-order chi connectivity index (χ0) is 14.5. The summed E-state index contributed by atoms with van der Waals surface area (Å²) in [7, 11) is 0. The third kappa shape index (κ3) is 4.23. The minimum absolute atomic E-state index is 0.367. The molecule has 0 amide bonds. The maximum Gasteiger partial charge on any atom is 0.157 e. The second-order valence-corrected chi connectivity index (χ2v) is 6.48. The van der Waals surface area contributed by atoms with Gasteiger partial charge in [-0.2, -0.15) is 0 Å². The first-order valence-electron chi connectivity index (χ1n) is 7.64. The Morgan fingerprint density at radius 3 is 2.45 bits per heavy atom. The van der Waals surface area contributed by atoms with Crippen molar-refractivity contribution in [3.05, 3.63) is 11.0 Å². The molecule has 1 aliphatic rings. The summed E-state index contributed by atoms with van der Waals surface area (Å²) in [5.41, 5.74) is 6.49. The summed E-state index contributed by atoms with van der Waals surface area (Å²) in [5.74, 6) is 1.99. The van der Waals surface area contributed by atoms with E-state index in [9.17, 15) is 0 Å². The summed E-state index contributed by atoms with van der Waals surface area (Å²) in [6.07, 6.45) is 8.39. The standard InChI is InChI=1S/C15H25ClN4/c1-10(2)9-12-19-14(16)13(17)15(20-12)18-11-7-5-3-4-6-8-11/h10-11H,3-9,17H2,1-2H3,(H,18,19,20). The molecule has 5 heteroatoms. The minimum Gasteiger partial charge on any atom is -0.393 e. The SMILES string of the molecule is CC(C)Cc1nc(Cl)c(N)c(NC2CCCCCC2)n1. The van der Waals surface area contributed by atoms with Crippen molar-refractivity contribution in [3.8, 4) is 0 Å². The Kier molecular flexibility index (Phi) is 5.46. The van der Waals surface area contributed by atoms with Gasteiger partial charge in [-0.1, -0.05) is 51.1 Å². The molecule has 1 aromatic rings. The molecule has 0 radical (unpaired) electrons. The van der Waals surface area contributed by atoms with E-state index < -0.39 is 0 Å². The average molecular weight is 297 g/mol. The van der Waals surface area contributed by atoms with Crippen LogP contribution < -0.4 is 11.1 Å². The van der Waals surface area contributed by atoms with Crippen LogP contribution >= 0.6 is 11.6 Å². The molecule has 0 atom stereocenters. The average Bonchev–Trinajstić information content (AvgIpc) is 2.63. The van der Waals surface area contributed by atoms with E-state index in [0.29, 0.717) is 28.6 Å². The Balaban J connectivity index is 2.14. The zero-order valence-corrected chi connectivity index (χ0v) is 13.2. The molecule has 2 rings (SSSR count). The van der Waals surface area contributed by atoms with Crippen molar-refractivity contribution in [1.82, 2.24) is 9.97 Å². The maximum atomic E-state index is 6.14. The van der Waals surface area contributed by atoms with Crippen LogP contribution in [0.25, 0.3) is 0 Å². The number of nitrogen functional groups attached to an aromatic ring is 1. The van der Waals surface area contributed by atoms with E-state index in [2.05, 4.69) is 29.1 Å². The van der Waals surface area contributed by atoms with Crippen molar-refractivity contribution in [2.75, 3.05) is 11.1 Å². The molecule has 0 unspecified atom stereocenters. The van der Waals surface area contributed by atoms with Gasteiger partial charge in [0.05, 0.1) is 0 Å². The van der Waals surface area contributed by atoms with E-state index in [1.807, 2.05) is 0 Å². The second-order valence-electron chi connectivity index (χ2n) is 6.12. The van der Waals surface area contributed by atoms with Crippen LogP contribution in [0, 0.1) is 5.92 Å². The Morgan fingerprint density at radius 2 is 1.85 bits per heavy atom. The molecule has 1 saturated carbocycles. The summed E-state index contributed by atoms with van der Waals surface area (Å²) in [4.78, 5) is 8.84. The number of nitrogens with zero attached hydrogens (tertiary/aromatic N) is 2. The van der Waals surface area contributed by atoms with Gasteiger partial charge in [0.2, 0.25) is 0 Å². The zero-order valence-electron chi connectivity index (χ0n) is 12.5. The quantitative estimate of drug-likeness (QED) is 0.650. The van der Waals surface area contributed by atoms with Crippen molar-refractivity contribution in [3.63, 3.8) is 0 Å². The fraction of sp³-hybridized carbons (Fsp3) is 0.733. The van der Waals surface area contributed by atoms with Crippen LogP contribution in [0.1, 0.15) is 58.2 Å². The van der Waals surface area contributed by atoms with E-state index in [1.54, 1.807) is 0 Å². The molecular weight excluding hydrogens is 272 g/mol. The highest BCUT2D eigenvalue weighted by atomic mass is 35.5. The van der Waals surface area contributed by atoms with Gasteiger partial charge in [-0.05, 0) is 18.8 Å². The van der Waals surface area contributed by atoms with Crippen molar-refractivity contribution >= 4 is 23.1 Å². The molecule has 1 aliphatic carbocycles. The van der Waals surface area contributed by atoms with E-state index in [1.165, 1.54) is 38.5 Å². The molecule has 1 aromatic heterocycles. The van der Waals surface area contributed by atoms with E-state index >= 15 is 0 Å². The molecule has 0 aliphatic heterocycles. The first-order chi connectivity index (χ1) is 9.56. The number of halogens is 1. The lowest BCUT2D eigenvalue weighted by Crippen LogP contribution is -2.21. The second kappa shape index (κ2) is 7.11. The first kappa shape index (κ1) is 15.4. The number of hydrogen-bond donors (Lipinski definition) is 2. The highest BCUT2D eigenvalue weighted by Crippen LogP contribution is 2.27. The van der Waals surface area contributed by atoms with Crippen LogP contribution in [0.2, 0.25) is 5.15 Å². The molecule has 20 heavy (non-hydrogen) atoms. The monoisotopic (exact) mass is 296 g/mol. The lowest BCUT2D eigenvalue weighted by atomic mass is 10.1. The third-order valence-electron chi connectivity index (χ3n) is 3.73. The van der Waals surface area contributed by atoms with Crippen LogP contribution in [-0.4, -0.2) is 16.0 Å². The molecule has 0 aromatic carbocycles. The number of anilines is 2. The summed E-state index contributed by atoms with van der Waals surface area (Å²) in [5, 5.41) is 3.85. The number of aromatic nitrogens is 2. The number of nitrogens with two attached hydrogens (primary N) is 1. The fourth-order valence-electron chi connectivity index (χ4n) is 2.67. The lowest BCUT2D eigenvalue weighted by Gasteiger charge is -2.19. The molecule has 1 fully saturated rings. The van der Waals surface area contributed by atoms with Gasteiger partial charge in [0.25, 0.3) is 0 Å². The lowest BCUT2D eigenvalue weighted by molar-refractivity contribution is 0.608. The highest BCUT2D eigenvalue weighted by molar-refractivity contribution is 6.32. The number of nitrogens with one attached hydrogen (secondary N) is 1. The van der Waals surface area contributed by atoms with Crippen molar-refractivity contribution < 1.29 is 0 Å². The van der Waals surface area contributed by atoms with Crippen molar-refractivity contribution in [1.29, 1.82) is 0 Å². The largest absolute Gasteiger partial charge is 0.393 e. The predicted octanol–water partition coefficient (Wildman–Crippen LogP) is 4.05. The van der Waals surface area contributed by atoms with Gasteiger partial charge in [-0.25, -0.2) is 9.97 Å². The van der Waals surface area contributed by atoms with E-state index in [4.69, 9.17) is 17.3 Å². The molecular formula is C15H25ClN4. The van der Waals surface area contributed by atoms with E-state index in [0.717, 1.165) is 12.2 Å². The van der Waals surface area contributed by atoms with Gasteiger partial charge in [0, 0.05) is 12.5 Å². The topological polar surface area (TPSA) is 63.8 Å². The van der Waals surface area contributed by atoms with E-state index in [-0.39, 0.29) is 0 Å². The van der Waals surface area contributed by atoms with Crippen LogP contribution in [0.4, 0.5) is 11.5 Å². The Labute approximate surface area is 126 Å². The van der Waals surface area contributed by atoms with Crippen LogP contribution in [0.5, 0.6) is 0 Å². The molecule has 112 valence electrons. The molecule has 4 nitrogen and oxygen atoms in total. The van der Waals surface area contributed by atoms with Crippen LogP contribution in [-0.2, 0) is 6.42 Å². The van der Waals surface area contributed by atoms with Gasteiger partial charge in [-0.3, -0.25) is 0 Å². The Hall–Kier alpha value is -1.03. The minimum atomic E-state index is 0.367. The van der Waals surface area contributed by atoms with Gasteiger partial charge in [0.15, 0.2) is 11.0 Å². The molecule has 3 N–H and O–H groups in total. The van der Waals surface area contributed by atoms with Gasteiger partial charge < -0.3 is 11.1 Å². The molecule has 0 bridgehead atoms. The normalized spacial score (nSPS) is 17.2. The Bertz CT molecular complexity index is 440.